The summed E-state index contributed by atoms with van der Waals surface area (Å²) in [6, 6.07) is 2.28. The molecule has 5 rings (SSSR count). The van der Waals surface area contributed by atoms with E-state index in [9.17, 15) is 13.2 Å². The third kappa shape index (κ3) is 4.05. The van der Waals surface area contributed by atoms with Gasteiger partial charge in [-0.05, 0) is 30.7 Å². The lowest BCUT2D eigenvalue weighted by molar-refractivity contribution is -0.274. The zero-order valence-electron chi connectivity index (χ0n) is 18.2. The molecule has 3 aliphatic rings. The molecule has 0 unspecified atom stereocenters. The van der Waals surface area contributed by atoms with Crippen molar-refractivity contribution < 1.29 is 22.6 Å². The lowest BCUT2D eigenvalue weighted by Crippen LogP contribution is -2.43. The Labute approximate surface area is 184 Å². The molecule has 1 aliphatic heterocycles. The average molecular weight is 451 g/mol. The fourth-order valence-electron chi connectivity index (χ4n) is 5.45. The standard InChI is InChI=1S/C22H28F3N5O2/c1-12(2)21-28-17(13-7-18(20(26)27-10-13)32-22(23,24)25)11-30(21)19-15-8-14(9-16(15)19)29-3-5-31-6-4-29/h7,10-12,14-16,19H,3-6,8-9H2,1-2H3,(H2,26,27)/t14-,15-,16+,19-. The van der Waals surface area contributed by atoms with Crippen molar-refractivity contribution in [1.29, 1.82) is 0 Å². The van der Waals surface area contributed by atoms with Crippen LogP contribution >= 0.6 is 0 Å². The number of aromatic nitrogens is 3. The summed E-state index contributed by atoms with van der Waals surface area (Å²) in [5.74, 6) is 1.56. The van der Waals surface area contributed by atoms with Gasteiger partial charge in [-0.2, -0.15) is 0 Å². The van der Waals surface area contributed by atoms with Gasteiger partial charge in [0.1, 0.15) is 5.82 Å². The first-order chi connectivity index (χ1) is 15.2. The summed E-state index contributed by atoms with van der Waals surface area (Å²) in [4.78, 5) is 11.2. The Hall–Kier alpha value is -2.33. The van der Waals surface area contributed by atoms with Crippen LogP contribution in [0, 0.1) is 11.8 Å². The number of nitrogens with zero attached hydrogens (tertiary/aromatic N) is 4. The second-order valence-corrected chi connectivity index (χ2v) is 9.29. The maximum Gasteiger partial charge on any atom is 0.573 e. The van der Waals surface area contributed by atoms with Gasteiger partial charge >= 0.3 is 6.36 Å². The molecule has 1 saturated heterocycles. The van der Waals surface area contributed by atoms with Gasteiger partial charge in [-0.3, -0.25) is 4.90 Å². The van der Waals surface area contributed by atoms with E-state index in [0.717, 1.165) is 32.1 Å². The second kappa shape index (κ2) is 7.91. The summed E-state index contributed by atoms with van der Waals surface area (Å²) in [6.45, 7) is 7.80. The van der Waals surface area contributed by atoms with Gasteiger partial charge in [0.15, 0.2) is 11.6 Å². The van der Waals surface area contributed by atoms with E-state index in [4.69, 9.17) is 15.5 Å². The summed E-state index contributed by atoms with van der Waals surface area (Å²) >= 11 is 0. The third-order valence-corrected chi connectivity index (χ3v) is 6.94. The maximum atomic E-state index is 12.7. The molecule has 0 amide bonds. The molecular formula is C22H28F3N5O2. The summed E-state index contributed by atoms with van der Waals surface area (Å²) in [6.07, 6.45) is 0.907. The highest BCUT2D eigenvalue weighted by Crippen LogP contribution is 2.62. The van der Waals surface area contributed by atoms with E-state index in [0.29, 0.717) is 35.2 Å². The minimum absolute atomic E-state index is 0.188. The zero-order chi connectivity index (χ0) is 22.6. The van der Waals surface area contributed by atoms with E-state index in [1.54, 1.807) is 0 Å². The highest BCUT2D eigenvalue weighted by atomic mass is 19.4. The maximum absolute atomic E-state index is 12.7. The first-order valence-corrected chi connectivity index (χ1v) is 11.1. The van der Waals surface area contributed by atoms with Crippen LogP contribution in [0.5, 0.6) is 5.75 Å². The van der Waals surface area contributed by atoms with Gasteiger partial charge in [-0.15, -0.1) is 13.2 Å². The molecule has 0 radical (unpaired) electrons. The van der Waals surface area contributed by atoms with E-state index in [1.165, 1.54) is 25.1 Å². The number of nitrogen functional groups attached to an aromatic ring is 1. The molecule has 2 saturated carbocycles. The summed E-state index contributed by atoms with van der Waals surface area (Å²) in [5, 5.41) is 0. The van der Waals surface area contributed by atoms with E-state index in [-0.39, 0.29) is 11.7 Å². The molecule has 3 fully saturated rings. The Kier molecular flexibility index (Phi) is 5.32. The number of anilines is 1. The Balaban J connectivity index is 1.36. The Morgan fingerprint density at radius 2 is 1.88 bits per heavy atom. The van der Waals surface area contributed by atoms with E-state index >= 15 is 0 Å². The van der Waals surface area contributed by atoms with Gasteiger partial charge in [-0.1, -0.05) is 13.8 Å². The van der Waals surface area contributed by atoms with Gasteiger partial charge in [0.05, 0.1) is 18.9 Å². The SMILES string of the molecule is CC(C)c1nc(-c2cnc(N)c(OC(F)(F)F)c2)cn1[C@@H]1[C@@H]2C[C@@H](N3CCOCC3)C[C@@H]21. The van der Waals surface area contributed by atoms with Crippen LogP contribution in [0.15, 0.2) is 18.5 Å². The molecule has 2 aromatic heterocycles. The van der Waals surface area contributed by atoms with Gasteiger partial charge in [0.2, 0.25) is 0 Å². The van der Waals surface area contributed by atoms with Gasteiger partial charge in [-0.25, -0.2) is 9.97 Å². The number of fused-ring (bicyclic) bond motifs is 1. The molecule has 7 nitrogen and oxygen atoms in total. The number of ether oxygens (including phenoxy) is 2. The first-order valence-electron chi connectivity index (χ1n) is 11.1. The zero-order valence-corrected chi connectivity index (χ0v) is 18.2. The quantitative estimate of drug-likeness (QED) is 0.745. The van der Waals surface area contributed by atoms with Gasteiger partial charge < -0.3 is 19.8 Å². The van der Waals surface area contributed by atoms with E-state index in [1.807, 2.05) is 6.20 Å². The van der Waals surface area contributed by atoms with Crippen molar-refractivity contribution >= 4 is 5.82 Å². The third-order valence-electron chi connectivity index (χ3n) is 6.94. The molecule has 2 N–H and O–H groups in total. The van der Waals surface area contributed by atoms with Crippen molar-refractivity contribution in [3.63, 3.8) is 0 Å². The van der Waals surface area contributed by atoms with Crippen molar-refractivity contribution in [3.05, 3.63) is 24.3 Å². The molecule has 2 aromatic rings. The lowest BCUT2D eigenvalue weighted by atomic mass is 10.1. The molecule has 10 heteroatoms. The Morgan fingerprint density at radius 1 is 1.19 bits per heavy atom. The first kappa shape index (κ1) is 21.5. The van der Waals surface area contributed by atoms with Gasteiger partial charge in [0.25, 0.3) is 0 Å². The van der Waals surface area contributed by atoms with Crippen LogP contribution in [-0.2, 0) is 4.74 Å². The fourth-order valence-corrected chi connectivity index (χ4v) is 5.45. The van der Waals surface area contributed by atoms with Crippen LogP contribution < -0.4 is 10.5 Å². The Bertz CT molecular complexity index is 974. The van der Waals surface area contributed by atoms with Crippen LogP contribution in [0.4, 0.5) is 19.0 Å². The topological polar surface area (TPSA) is 78.4 Å². The molecule has 0 bridgehead atoms. The van der Waals surface area contributed by atoms with Gasteiger partial charge in [0, 0.05) is 49.0 Å². The number of pyridine rings is 1. The number of alkyl halides is 3. The number of morpholine rings is 1. The number of rotatable bonds is 5. The monoisotopic (exact) mass is 451 g/mol. The second-order valence-electron chi connectivity index (χ2n) is 9.29. The predicted molar refractivity (Wildman–Crippen MR) is 112 cm³/mol. The molecule has 3 heterocycles. The molecule has 2 aliphatic carbocycles. The highest BCUT2D eigenvalue weighted by Gasteiger charge is 2.58. The van der Waals surface area contributed by atoms with Crippen molar-refractivity contribution in [1.82, 2.24) is 19.4 Å². The van der Waals surface area contributed by atoms with Crippen LogP contribution in [0.25, 0.3) is 11.3 Å². The highest BCUT2D eigenvalue weighted by molar-refractivity contribution is 5.64. The normalized spacial score (nSPS) is 28.2. The Morgan fingerprint density at radius 3 is 2.50 bits per heavy atom. The number of hydrogen-bond acceptors (Lipinski definition) is 6. The number of hydrogen-bond donors (Lipinski definition) is 1. The molecule has 4 atom stereocenters. The minimum atomic E-state index is -4.83. The van der Waals surface area contributed by atoms with E-state index in [2.05, 4.69) is 33.0 Å². The van der Waals surface area contributed by atoms with Crippen LogP contribution in [-0.4, -0.2) is 58.1 Å². The van der Waals surface area contributed by atoms with Crippen molar-refractivity contribution in [2.45, 2.75) is 51.1 Å². The smallest absolute Gasteiger partial charge is 0.402 e. The van der Waals surface area contributed by atoms with Crippen LogP contribution in [0.3, 0.4) is 0 Å². The minimum Gasteiger partial charge on any atom is -0.402 e. The van der Waals surface area contributed by atoms with E-state index < -0.39 is 12.1 Å². The van der Waals surface area contributed by atoms with Crippen molar-refractivity contribution in [2.75, 3.05) is 32.0 Å². The molecule has 0 aromatic carbocycles. The van der Waals surface area contributed by atoms with Crippen molar-refractivity contribution in [3.8, 4) is 17.0 Å². The number of nitrogens with two attached hydrogens (primary N) is 1. The molecule has 0 spiro atoms. The van der Waals surface area contributed by atoms with Crippen LogP contribution in [0.2, 0.25) is 0 Å². The molecule has 174 valence electrons. The number of imidazole rings is 1. The summed E-state index contributed by atoms with van der Waals surface area (Å²) in [7, 11) is 0. The predicted octanol–water partition coefficient (Wildman–Crippen LogP) is 3.83. The fraction of sp³-hybridized carbons (Fsp3) is 0.636. The van der Waals surface area contributed by atoms with Crippen molar-refractivity contribution in [2.24, 2.45) is 11.8 Å². The lowest BCUT2D eigenvalue weighted by Gasteiger charge is -2.33. The summed E-state index contributed by atoms with van der Waals surface area (Å²) in [5.41, 5.74) is 6.62. The summed E-state index contributed by atoms with van der Waals surface area (Å²) < 4.78 is 49.9. The molecular weight excluding hydrogens is 423 g/mol. The molecule has 32 heavy (non-hydrogen) atoms. The largest absolute Gasteiger partial charge is 0.573 e. The average Bonchev–Trinajstić information content (AvgIpc) is 3.09. The van der Waals surface area contributed by atoms with Crippen LogP contribution in [0.1, 0.15) is 44.5 Å². The number of halogens is 3.